The van der Waals surface area contributed by atoms with Crippen molar-refractivity contribution >= 4 is 23.1 Å². The van der Waals surface area contributed by atoms with Gasteiger partial charge >= 0.3 is 5.82 Å². The van der Waals surface area contributed by atoms with Crippen molar-refractivity contribution in [3.8, 4) is 0 Å². The summed E-state index contributed by atoms with van der Waals surface area (Å²) in [6.45, 7) is 1.76. The number of aromatic nitrogens is 3. The molecular formula is C7H5ClN4O2. The Kier molecular flexibility index (Phi) is 1.85. The molecule has 0 unspecified atom stereocenters. The summed E-state index contributed by atoms with van der Waals surface area (Å²) >= 11 is 5.68. The van der Waals surface area contributed by atoms with Crippen molar-refractivity contribution in [1.29, 1.82) is 0 Å². The Balaban J connectivity index is 2.85. The van der Waals surface area contributed by atoms with E-state index in [1.165, 1.54) is 0 Å². The van der Waals surface area contributed by atoms with E-state index in [4.69, 9.17) is 11.6 Å². The quantitative estimate of drug-likeness (QED) is 0.532. The van der Waals surface area contributed by atoms with Gasteiger partial charge in [0.05, 0.1) is 0 Å². The summed E-state index contributed by atoms with van der Waals surface area (Å²) in [5, 5.41) is 14.6. The standard InChI is InChI=1S/C7H5ClN4O2/c1-4-2-5(8)10-11-6(12(13)14)3-9-7(4)11/h2-3H,1H3. The summed E-state index contributed by atoms with van der Waals surface area (Å²) in [4.78, 5) is 13.9. The largest absolute Gasteiger partial charge is 0.368 e. The van der Waals surface area contributed by atoms with Crippen LogP contribution >= 0.6 is 11.6 Å². The number of nitro groups is 1. The van der Waals surface area contributed by atoms with E-state index in [1.807, 2.05) is 0 Å². The lowest BCUT2D eigenvalue weighted by Crippen LogP contribution is -1.99. The summed E-state index contributed by atoms with van der Waals surface area (Å²) in [5.41, 5.74) is 1.19. The number of halogens is 1. The van der Waals surface area contributed by atoms with Gasteiger partial charge in [0, 0.05) is 5.56 Å². The van der Waals surface area contributed by atoms with Crippen molar-refractivity contribution in [2.24, 2.45) is 0 Å². The van der Waals surface area contributed by atoms with Crippen molar-refractivity contribution in [2.75, 3.05) is 0 Å². The topological polar surface area (TPSA) is 73.3 Å². The van der Waals surface area contributed by atoms with E-state index < -0.39 is 4.92 Å². The predicted octanol–water partition coefficient (Wildman–Crippen LogP) is 1.60. The van der Waals surface area contributed by atoms with Gasteiger partial charge < -0.3 is 10.1 Å². The minimum Gasteiger partial charge on any atom is -0.358 e. The molecule has 0 fully saturated rings. The van der Waals surface area contributed by atoms with Gasteiger partial charge in [0.2, 0.25) is 0 Å². The highest BCUT2D eigenvalue weighted by Crippen LogP contribution is 2.18. The molecule has 14 heavy (non-hydrogen) atoms. The Morgan fingerprint density at radius 2 is 2.36 bits per heavy atom. The highest BCUT2D eigenvalue weighted by atomic mass is 35.5. The van der Waals surface area contributed by atoms with E-state index >= 15 is 0 Å². The third kappa shape index (κ3) is 1.20. The molecule has 6 nitrogen and oxygen atoms in total. The zero-order chi connectivity index (χ0) is 10.3. The number of aryl methyl sites for hydroxylation is 1. The molecule has 2 aromatic rings. The van der Waals surface area contributed by atoms with Crippen molar-refractivity contribution in [3.63, 3.8) is 0 Å². The highest BCUT2D eigenvalue weighted by Gasteiger charge is 2.17. The average Bonchev–Trinajstić information content (AvgIpc) is 2.47. The van der Waals surface area contributed by atoms with E-state index in [2.05, 4.69) is 10.1 Å². The number of hydrogen-bond donors (Lipinski definition) is 0. The second-order valence-corrected chi connectivity index (χ2v) is 3.15. The molecule has 0 N–H and O–H groups in total. The van der Waals surface area contributed by atoms with Gasteiger partial charge in [-0.1, -0.05) is 21.2 Å². The van der Waals surface area contributed by atoms with Crippen LogP contribution in [0.1, 0.15) is 5.56 Å². The first kappa shape index (κ1) is 8.89. The molecule has 0 saturated heterocycles. The minimum atomic E-state index is -0.553. The first-order valence-corrected chi connectivity index (χ1v) is 4.12. The van der Waals surface area contributed by atoms with Crippen LogP contribution in [0.15, 0.2) is 12.3 Å². The van der Waals surface area contributed by atoms with Crippen LogP contribution in [-0.2, 0) is 0 Å². The Morgan fingerprint density at radius 1 is 1.64 bits per heavy atom. The molecule has 7 heteroatoms. The fourth-order valence-electron chi connectivity index (χ4n) is 1.20. The third-order valence-corrected chi connectivity index (χ3v) is 1.98. The molecule has 0 aliphatic rings. The zero-order valence-electron chi connectivity index (χ0n) is 7.14. The summed E-state index contributed by atoms with van der Waals surface area (Å²) in [6, 6.07) is 1.60. The molecule has 2 heterocycles. The first-order chi connectivity index (χ1) is 6.59. The Bertz CT molecular complexity index is 522. The minimum absolute atomic E-state index is 0.189. The van der Waals surface area contributed by atoms with Crippen molar-refractivity contribution in [1.82, 2.24) is 14.6 Å². The highest BCUT2D eigenvalue weighted by molar-refractivity contribution is 6.29. The maximum absolute atomic E-state index is 10.6. The molecule has 0 radical (unpaired) electrons. The number of nitrogens with zero attached hydrogens (tertiary/aromatic N) is 4. The first-order valence-electron chi connectivity index (χ1n) is 3.75. The smallest absolute Gasteiger partial charge is 0.358 e. The number of imidazole rings is 1. The van der Waals surface area contributed by atoms with Crippen LogP contribution in [0.4, 0.5) is 5.82 Å². The maximum atomic E-state index is 10.6. The molecule has 2 aromatic heterocycles. The Labute approximate surface area is 83.3 Å². The molecule has 2 rings (SSSR count). The van der Waals surface area contributed by atoms with Crippen LogP contribution in [0.2, 0.25) is 5.15 Å². The van der Waals surface area contributed by atoms with Gasteiger partial charge in [-0.3, -0.25) is 0 Å². The Morgan fingerprint density at radius 3 is 3.00 bits per heavy atom. The maximum Gasteiger partial charge on any atom is 0.368 e. The summed E-state index contributed by atoms with van der Waals surface area (Å²) < 4.78 is 1.12. The Hall–Kier alpha value is -1.69. The number of rotatable bonds is 1. The van der Waals surface area contributed by atoms with Gasteiger partial charge in [-0.15, -0.1) is 0 Å². The van der Waals surface area contributed by atoms with Crippen LogP contribution in [0.5, 0.6) is 0 Å². The molecule has 0 aromatic carbocycles. The number of fused-ring (bicyclic) bond motifs is 1. The molecule has 0 aliphatic carbocycles. The van der Waals surface area contributed by atoms with Gasteiger partial charge in [0.15, 0.2) is 5.15 Å². The van der Waals surface area contributed by atoms with Crippen LogP contribution in [0, 0.1) is 17.0 Å². The van der Waals surface area contributed by atoms with Crippen LogP contribution in [0.3, 0.4) is 0 Å². The van der Waals surface area contributed by atoms with Gasteiger partial charge in [-0.2, -0.15) is 0 Å². The van der Waals surface area contributed by atoms with Crippen LogP contribution in [-0.4, -0.2) is 19.5 Å². The lowest BCUT2D eigenvalue weighted by atomic mass is 10.3. The normalized spacial score (nSPS) is 10.7. The second kappa shape index (κ2) is 2.91. The van der Waals surface area contributed by atoms with E-state index in [0.717, 1.165) is 16.3 Å². The SMILES string of the molecule is Cc1cc(Cl)nn2c([N+](=O)[O-])cnc12. The second-order valence-electron chi connectivity index (χ2n) is 2.76. The summed E-state index contributed by atoms with van der Waals surface area (Å²) in [5.74, 6) is -0.189. The van der Waals surface area contributed by atoms with Crippen molar-refractivity contribution < 1.29 is 4.92 Å². The van der Waals surface area contributed by atoms with E-state index in [9.17, 15) is 10.1 Å². The van der Waals surface area contributed by atoms with Gasteiger partial charge in [0.25, 0.3) is 5.65 Å². The predicted molar refractivity (Wildman–Crippen MR) is 49.4 cm³/mol. The van der Waals surface area contributed by atoms with Gasteiger partial charge in [-0.25, -0.2) is 4.98 Å². The van der Waals surface area contributed by atoms with Crippen LogP contribution in [0.25, 0.3) is 5.65 Å². The van der Waals surface area contributed by atoms with E-state index in [-0.39, 0.29) is 11.0 Å². The fraction of sp³-hybridized carbons (Fsp3) is 0.143. The monoisotopic (exact) mass is 212 g/mol. The average molecular weight is 213 g/mol. The van der Waals surface area contributed by atoms with E-state index in [1.54, 1.807) is 13.0 Å². The van der Waals surface area contributed by atoms with Gasteiger partial charge in [0.1, 0.15) is 6.20 Å². The zero-order valence-corrected chi connectivity index (χ0v) is 7.89. The van der Waals surface area contributed by atoms with Crippen molar-refractivity contribution in [2.45, 2.75) is 6.92 Å². The van der Waals surface area contributed by atoms with Crippen molar-refractivity contribution in [3.05, 3.63) is 33.1 Å². The molecular weight excluding hydrogens is 208 g/mol. The van der Waals surface area contributed by atoms with Crippen LogP contribution < -0.4 is 0 Å². The summed E-state index contributed by atoms with van der Waals surface area (Å²) in [7, 11) is 0. The third-order valence-electron chi connectivity index (χ3n) is 1.79. The molecule has 0 aliphatic heterocycles. The molecule has 0 saturated carbocycles. The molecule has 0 atom stereocenters. The molecule has 0 bridgehead atoms. The molecule has 72 valence electrons. The summed E-state index contributed by atoms with van der Waals surface area (Å²) in [6.07, 6.45) is 1.16. The van der Waals surface area contributed by atoms with Gasteiger partial charge in [-0.05, 0) is 17.9 Å². The molecule has 0 amide bonds. The lowest BCUT2D eigenvalue weighted by molar-refractivity contribution is -0.391. The van der Waals surface area contributed by atoms with E-state index in [0.29, 0.717) is 5.65 Å². The lowest BCUT2D eigenvalue weighted by Gasteiger charge is -1.94. The molecule has 0 spiro atoms. The fourth-order valence-corrected chi connectivity index (χ4v) is 1.44. The number of hydrogen-bond acceptors (Lipinski definition) is 4.